The molecule has 0 aliphatic rings. The van der Waals surface area contributed by atoms with Crippen molar-refractivity contribution in [2.75, 3.05) is 0 Å². The van der Waals surface area contributed by atoms with Crippen LogP contribution in [0.3, 0.4) is 0 Å². The van der Waals surface area contributed by atoms with E-state index in [4.69, 9.17) is 14.6 Å². The van der Waals surface area contributed by atoms with Crippen LogP contribution in [0.1, 0.15) is 59.9 Å². The van der Waals surface area contributed by atoms with Gasteiger partial charge < -0.3 is 9.47 Å². The lowest BCUT2D eigenvalue weighted by Gasteiger charge is -2.10. The Morgan fingerprint density at radius 2 is 1.61 bits per heavy atom. The molecule has 0 saturated heterocycles. The van der Waals surface area contributed by atoms with Gasteiger partial charge in [0.2, 0.25) is 10.0 Å². The maximum Gasteiger partial charge on any atom is 0.350 e. The van der Waals surface area contributed by atoms with E-state index in [1.54, 1.807) is 13.8 Å². The van der Waals surface area contributed by atoms with Crippen LogP contribution in [0, 0.1) is 0 Å². The van der Waals surface area contributed by atoms with Gasteiger partial charge in [0.05, 0.1) is 12.2 Å². The highest BCUT2D eigenvalue weighted by Crippen LogP contribution is 2.28. The van der Waals surface area contributed by atoms with Gasteiger partial charge in [0.25, 0.3) is 0 Å². The number of rotatable bonds is 7. The molecule has 23 heavy (non-hydrogen) atoms. The summed E-state index contributed by atoms with van der Waals surface area (Å²) in [7, 11) is -4.17. The Kier molecular flexibility index (Phi) is 6.72. The van der Waals surface area contributed by atoms with Gasteiger partial charge in [-0.1, -0.05) is 13.8 Å². The highest BCUT2D eigenvalue weighted by molar-refractivity contribution is 7.89. The number of thiophene rings is 1. The summed E-state index contributed by atoms with van der Waals surface area (Å²) >= 11 is 0.699. The number of esters is 2. The average molecular weight is 363 g/mol. The first-order chi connectivity index (χ1) is 10.6. The molecule has 0 aliphatic carbocycles. The topological polar surface area (TPSA) is 113 Å². The van der Waals surface area contributed by atoms with Gasteiger partial charge in [-0.2, -0.15) is 0 Å². The average Bonchev–Trinajstić information content (AvgIpc) is 2.92. The highest BCUT2D eigenvalue weighted by atomic mass is 32.2. The molecule has 2 N–H and O–H groups in total. The van der Waals surface area contributed by atoms with Crippen molar-refractivity contribution in [1.82, 2.24) is 0 Å². The molecule has 0 bridgehead atoms. The molecule has 130 valence electrons. The van der Waals surface area contributed by atoms with Crippen LogP contribution in [-0.2, 0) is 19.5 Å². The molecule has 2 atom stereocenters. The zero-order valence-electron chi connectivity index (χ0n) is 13.5. The minimum absolute atomic E-state index is 0.00886. The molecule has 0 spiro atoms. The Morgan fingerprint density at radius 1 is 1.13 bits per heavy atom. The minimum atomic E-state index is -4.17. The first-order valence-electron chi connectivity index (χ1n) is 7.18. The molecule has 7 nitrogen and oxygen atoms in total. The standard InChI is InChI=1S/C14H21NO6S2/c1-5-8(3)20-13(16)10-7-11(23(15,18)19)12(22-10)14(17)21-9(4)6-2/h7-9H,5-6H2,1-4H3,(H2,15,18,19). The summed E-state index contributed by atoms with van der Waals surface area (Å²) in [5.74, 6) is -1.52. The van der Waals surface area contributed by atoms with Gasteiger partial charge in [-0.15, -0.1) is 11.3 Å². The van der Waals surface area contributed by atoms with E-state index in [0.717, 1.165) is 6.07 Å². The number of sulfonamides is 1. The second kappa shape index (κ2) is 7.89. The fourth-order valence-electron chi connectivity index (χ4n) is 1.47. The summed E-state index contributed by atoms with van der Waals surface area (Å²) in [5, 5.41) is 5.12. The Hall–Kier alpha value is -1.45. The van der Waals surface area contributed by atoms with E-state index >= 15 is 0 Å². The number of ether oxygens (including phenoxy) is 2. The third kappa shape index (κ3) is 5.29. The first-order valence-corrected chi connectivity index (χ1v) is 9.54. The van der Waals surface area contributed by atoms with Gasteiger partial charge in [0.15, 0.2) is 0 Å². The maximum atomic E-state index is 12.1. The Bertz CT molecular complexity index is 679. The highest BCUT2D eigenvalue weighted by Gasteiger charge is 2.28. The molecule has 9 heteroatoms. The molecule has 0 saturated carbocycles. The van der Waals surface area contributed by atoms with Crippen LogP contribution in [0.5, 0.6) is 0 Å². The third-order valence-electron chi connectivity index (χ3n) is 3.16. The van der Waals surface area contributed by atoms with E-state index in [1.165, 1.54) is 0 Å². The summed E-state index contributed by atoms with van der Waals surface area (Å²) in [5.41, 5.74) is 0. The van der Waals surface area contributed by atoms with E-state index in [2.05, 4.69) is 0 Å². The first kappa shape index (κ1) is 19.6. The molecule has 0 aliphatic heterocycles. The lowest BCUT2D eigenvalue weighted by Crippen LogP contribution is -2.18. The zero-order valence-corrected chi connectivity index (χ0v) is 15.1. The molecular formula is C14H21NO6S2. The minimum Gasteiger partial charge on any atom is -0.459 e. The molecule has 0 aromatic carbocycles. The van der Waals surface area contributed by atoms with E-state index in [1.807, 2.05) is 13.8 Å². The molecule has 1 aromatic rings. The SMILES string of the molecule is CCC(C)OC(=O)c1cc(S(N)(=O)=O)c(C(=O)OC(C)CC)s1. The normalized spacial score (nSPS) is 14.1. The molecule has 0 radical (unpaired) electrons. The van der Waals surface area contributed by atoms with Crippen molar-refractivity contribution in [2.24, 2.45) is 5.14 Å². The predicted molar refractivity (Wildman–Crippen MR) is 86.0 cm³/mol. The number of carbonyl (C=O) groups excluding carboxylic acids is 2. The zero-order chi connectivity index (χ0) is 17.8. The van der Waals surface area contributed by atoms with Crippen LogP contribution >= 0.6 is 11.3 Å². The Labute approximate surface area is 139 Å². The van der Waals surface area contributed by atoms with Crippen molar-refractivity contribution in [3.05, 3.63) is 15.8 Å². The summed E-state index contributed by atoms with van der Waals surface area (Å²) in [6, 6.07) is 1.05. The second-order valence-corrected chi connectivity index (χ2v) is 7.68. The summed E-state index contributed by atoms with van der Waals surface area (Å²) < 4.78 is 33.6. The number of nitrogens with two attached hydrogens (primary N) is 1. The van der Waals surface area contributed by atoms with E-state index in [0.29, 0.717) is 24.2 Å². The van der Waals surface area contributed by atoms with Crippen molar-refractivity contribution in [3.63, 3.8) is 0 Å². The second-order valence-electron chi connectivity index (χ2n) is 5.10. The van der Waals surface area contributed by atoms with Crippen molar-refractivity contribution in [1.29, 1.82) is 0 Å². The van der Waals surface area contributed by atoms with Crippen molar-refractivity contribution in [2.45, 2.75) is 57.6 Å². The molecule has 0 amide bonds. The maximum absolute atomic E-state index is 12.1. The van der Waals surface area contributed by atoms with Crippen LogP contribution in [-0.4, -0.2) is 32.6 Å². The van der Waals surface area contributed by atoms with Gasteiger partial charge >= 0.3 is 11.9 Å². The van der Waals surface area contributed by atoms with Crippen molar-refractivity contribution >= 4 is 33.3 Å². The lowest BCUT2D eigenvalue weighted by molar-refractivity contribution is 0.0329. The van der Waals surface area contributed by atoms with Crippen LogP contribution in [0.15, 0.2) is 11.0 Å². The Balaban J connectivity index is 3.19. The van der Waals surface area contributed by atoms with Crippen molar-refractivity contribution in [3.8, 4) is 0 Å². The largest absolute Gasteiger partial charge is 0.459 e. The molecule has 1 rings (SSSR count). The molecular weight excluding hydrogens is 342 g/mol. The van der Waals surface area contributed by atoms with Crippen LogP contribution in [0.25, 0.3) is 0 Å². The molecule has 1 heterocycles. The number of primary sulfonamides is 1. The Morgan fingerprint density at radius 3 is 2.04 bits per heavy atom. The number of hydrogen-bond acceptors (Lipinski definition) is 7. The number of carbonyl (C=O) groups is 2. The van der Waals surface area contributed by atoms with Crippen molar-refractivity contribution < 1.29 is 27.5 Å². The van der Waals surface area contributed by atoms with Gasteiger partial charge in [-0.05, 0) is 32.8 Å². The monoisotopic (exact) mass is 363 g/mol. The molecule has 1 aromatic heterocycles. The van der Waals surface area contributed by atoms with Gasteiger partial charge in [-0.25, -0.2) is 23.1 Å². The smallest absolute Gasteiger partial charge is 0.350 e. The number of hydrogen-bond donors (Lipinski definition) is 1. The van der Waals surface area contributed by atoms with Gasteiger partial charge in [0, 0.05) is 0 Å². The lowest BCUT2D eigenvalue weighted by atomic mass is 10.3. The summed E-state index contributed by atoms with van der Waals surface area (Å²) in [6.45, 7) is 7.06. The third-order valence-corrected chi connectivity index (χ3v) is 5.32. The predicted octanol–water partition coefficient (Wildman–Crippen LogP) is 2.31. The summed E-state index contributed by atoms with van der Waals surface area (Å²) in [4.78, 5) is 23.5. The molecule has 0 fully saturated rings. The quantitative estimate of drug-likeness (QED) is 0.744. The van der Waals surface area contributed by atoms with E-state index < -0.39 is 26.9 Å². The fourth-order valence-corrected chi connectivity index (χ4v) is 3.46. The summed E-state index contributed by atoms with van der Waals surface area (Å²) in [6.07, 6.45) is 0.485. The fraction of sp³-hybridized carbons (Fsp3) is 0.571. The van der Waals surface area contributed by atoms with Gasteiger partial charge in [0.1, 0.15) is 14.6 Å². The van der Waals surface area contributed by atoms with Crippen LogP contribution in [0.2, 0.25) is 0 Å². The van der Waals surface area contributed by atoms with Crippen LogP contribution in [0.4, 0.5) is 0 Å². The van der Waals surface area contributed by atoms with E-state index in [9.17, 15) is 18.0 Å². The van der Waals surface area contributed by atoms with E-state index in [-0.39, 0.29) is 22.0 Å². The van der Waals surface area contributed by atoms with Crippen LogP contribution < -0.4 is 5.14 Å². The van der Waals surface area contributed by atoms with Gasteiger partial charge in [-0.3, -0.25) is 0 Å². The molecule has 2 unspecified atom stereocenters.